The first-order valence-electron chi connectivity index (χ1n) is 12.3. The van der Waals surface area contributed by atoms with Crippen LogP contribution in [0.15, 0.2) is 53.3 Å². The van der Waals surface area contributed by atoms with Crippen LogP contribution in [0.1, 0.15) is 43.4 Å². The predicted octanol–water partition coefficient (Wildman–Crippen LogP) is 2.60. The Kier molecular flexibility index (Phi) is 14.6. The van der Waals surface area contributed by atoms with Crippen LogP contribution in [0, 0.1) is 0 Å². The second kappa shape index (κ2) is 18.0. The molecule has 1 fully saturated rings. The summed E-state index contributed by atoms with van der Waals surface area (Å²) in [5.74, 6) is -0.984. The van der Waals surface area contributed by atoms with E-state index in [4.69, 9.17) is 19.4 Å². The summed E-state index contributed by atoms with van der Waals surface area (Å²) in [6.45, 7) is 3.98. The van der Waals surface area contributed by atoms with E-state index in [-0.39, 0.29) is 30.3 Å². The summed E-state index contributed by atoms with van der Waals surface area (Å²) in [5, 5.41) is 18.5. The standard InChI is InChI=1S/C22H29N3O4S.C4H6O4/c26-21(18-30(27)17-20-7-6-14-28-20)23-9-2-5-13-29-22-15-19(8-10-24-22)16-25-11-3-1-4-12-25;5-3(6)1-2-4(7)8/h2,5-8,10,14-15H,1,3-4,9,11-13,16-18H2,(H,23,26);1-2H2,(H,5,6)(H,7,8)/b5-2-;. The van der Waals surface area contributed by atoms with E-state index in [9.17, 15) is 18.9 Å². The number of furan rings is 1. The van der Waals surface area contributed by atoms with Gasteiger partial charge in [-0.25, -0.2) is 4.98 Å². The molecule has 0 aromatic carbocycles. The van der Waals surface area contributed by atoms with Crippen LogP contribution in [0.3, 0.4) is 0 Å². The number of ether oxygens (including phenoxy) is 1. The maximum absolute atomic E-state index is 11.9. The molecule has 1 unspecified atom stereocenters. The van der Waals surface area contributed by atoms with Gasteiger partial charge < -0.3 is 29.2 Å². The first-order chi connectivity index (χ1) is 18.3. The number of nitrogens with one attached hydrogen (secondary N) is 1. The molecule has 0 bridgehead atoms. The lowest BCUT2D eigenvalue weighted by molar-refractivity contribution is -0.143. The number of carbonyl (C=O) groups excluding carboxylic acids is 1. The molecule has 1 amide bonds. The Balaban J connectivity index is 0.000000550. The van der Waals surface area contributed by atoms with Crippen LogP contribution in [0.5, 0.6) is 5.88 Å². The summed E-state index contributed by atoms with van der Waals surface area (Å²) in [7, 11) is 0. The molecule has 3 rings (SSSR count). The quantitative estimate of drug-likeness (QED) is 0.235. The molecule has 1 aliphatic rings. The second-order valence-electron chi connectivity index (χ2n) is 8.52. The number of nitrogens with zero attached hydrogens (tertiary/aromatic N) is 2. The van der Waals surface area contributed by atoms with Crippen molar-refractivity contribution in [1.82, 2.24) is 15.2 Å². The Morgan fingerprint density at radius 2 is 1.87 bits per heavy atom. The molecule has 38 heavy (non-hydrogen) atoms. The van der Waals surface area contributed by atoms with E-state index in [1.807, 2.05) is 24.3 Å². The molecule has 3 heterocycles. The van der Waals surface area contributed by atoms with Crippen LogP contribution >= 0.6 is 0 Å². The second-order valence-corrected chi connectivity index (χ2v) is 9.98. The van der Waals surface area contributed by atoms with Gasteiger partial charge in [0.2, 0.25) is 5.88 Å². The number of carboxylic acids is 2. The van der Waals surface area contributed by atoms with Crippen molar-refractivity contribution in [3.8, 4) is 5.88 Å². The highest BCUT2D eigenvalue weighted by Crippen LogP contribution is 2.15. The third-order valence-electron chi connectivity index (χ3n) is 5.29. The predicted molar refractivity (Wildman–Crippen MR) is 141 cm³/mol. The Labute approximate surface area is 225 Å². The first kappa shape index (κ1) is 30.9. The van der Waals surface area contributed by atoms with Crippen molar-refractivity contribution in [2.45, 2.75) is 44.4 Å². The fourth-order valence-electron chi connectivity index (χ4n) is 3.48. The van der Waals surface area contributed by atoms with Gasteiger partial charge in [-0.05, 0) is 66.9 Å². The Morgan fingerprint density at radius 3 is 2.53 bits per heavy atom. The summed E-state index contributed by atoms with van der Waals surface area (Å²) < 4.78 is 22.7. The highest BCUT2D eigenvalue weighted by Gasteiger charge is 2.15. The fraction of sp³-hybridized carbons (Fsp3) is 0.462. The number of aromatic nitrogens is 1. The molecule has 1 aliphatic heterocycles. The van der Waals surface area contributed by atoms with Crippen molar-refractivity contribution < 1.29 is 38.3 Å². The van der Waals surface area contributed by atoms with E-state index in [1.165, 1.54) is 31.1 Å². The minimum Gasteiger partial charge on any atom is -0.616 e. The van der Waals surface area contributed by atoms with Gasteiger partial charge in [0.05, 0.1) is 19.1 Å². The van der Waals surface area contributed by atoms with Crippen molar-refractivity contribution in [2.75, 3.05) is 32.0 Å². The average Bonchev–Trinajstić information content (AvgIpc) is 3.39. The number of pyridine rings is 1. The lowest BCUT2D eigenvalue weighted by atomic mass is 10.1. The molecule has 2 aromatic rings. The van der Waals surface area contributed by atoms with Gasteiger partial charge in [0.15, 0.2) is 17.3 Å². The van der Waals surface area contributed by atoms with Gasteiger partial charge in [-0.3, -0.25) is 19.3 Å². The number of piperidine rings is 1. The van der Waals surface area contributed by atoms with Crippen LogP contribution in [-0.4, -0.2) is 74.5 Å². The fourth-order valence-corrected chi connectivity index (χ4v) is 4.45. The number of likely N-dealkylation sites (tertiary alicyclic amines) is 1. The minimum absolute atomic E-state index is 0.0429. The highest BCUT2D eigenvalue weighted by atomic mass is 32.2. The zero-order valence-corrected chi connectivity index (χ0v) is 22.1. The number of amides is 1. The number of hydrogen-bond donors (Lipinski definition) is 3. The van der Waals surface area contributed by atoms with E-state index in [0.29, 0.717) is 24.8 Å². The normalized spacial score (nSPS) is 14.3. The van der Waals surface area contributed by atoms with E-state index >= 15 is 0 Å². The highest BCUT2D eigenvalue weighted by molar-refractivity contribution is 7.91. The van der Waals surface area contributed by atoms with E-state index in [1.54, 1.807) is 18.3 Å². The van der Waals surface area contributed by atoms with Gasteiger partial charge >= 0.3 is 11.9 Å². The van der Waals surface area contributed by atoms with Gasteiger partial charge in [0.25, 0.3) is 5.91 Å². The molecule has 0 saturated carbocycles. The van der Waals surface area contributed by atoms with Gasteiger partial charge in [0, 0.05) is 25.4 Å². The summed E-state index contributed by atoms with van der Waals surface area (Å²) in [5.41, 5.74) is 1.21. The zero-order chi connectivity index (χ0) is 27.6. The van der Waals surface area contributed by atoms with Gasteiger partial charge in [-0.2, -0.15) is 0 Å². The number of hydrogen-bond acceptors (Lipinski definition) is 8. The van der Waals surface area contributed by atoms with Crippen LogP contribution in [0.2, 0.25) is 0 Å². The van der Waals surface area contributed by atoms with Crippen molar-refractivity contribution >= 4 is 29.0 Å². The average molecular weight is 550 g/mol. The Morgan fingerprint density at radius 1 is 1.13 bits per heavy atom. The smallest absolute Gasteiger partial charge is 0.303 e. The number of carboxylic acid groups (broad SMARTS) is 2. The SMILES string of the molecule is O=C(C[S+]([O-])Cc1ccco1)NC/C=C\COc1cc(CN2CCCCC2)ccn1.O=C(O)CCC(=O)O. The van der Waals surface area contributed by atoms with Crippen LogP contribution < -0.4 is 10.1 Å². The van der Waals surface area contributed by atoms with Crippen LogP contribution in [0.4, 0.5) is 0 Å². The number of aliphatic carboxylic acids is 2. The van der Waals surface area contributed by atoms with Gasteiger partial charge in [-0.15, -0.1) is 0 Å². The maximum Gasteiger partial charge on any atom is 0.303 e. The molecule has 0 spiro atoms. The van der Waals surface area contributed by atoms with Crippen molar-refractivity contribution in [3.63, 3.8) is 0 Å². The van der Waals surface area contributed by atoms with Crippen molar-refractivity contribution in [2.24, 2.45) is 0 Å². The first-order valence-corrected chi connectivity index (χ1v) is 13.8. The molecular weight excluding hydrogens is 514 g/mol. The summed E-state index contributed by atoms with van der Waals surface area (Å²) in [4.78, 5) is 37.8. The topological polar surface area (TPSA) is 165 Å². The molecule has 1 saturated heterocycles. The molecule has 1 atom stereocenters. The van der Waals surface area contributed by atoms with E-state index in [0.717, 1.165) is 19.6 Å². The maximum atomic E-state index is 11.9. The molecule has 208 valence electrons. The number of carbonyl (C=O) groups is 3. The monoisotopic (exact) mass is 549 g/mol. The molecule has 11 nitrogen and oxygen atoms in total. The van der Waals surface area contributed by atoms with E-state index in [2.05, 4.69) is 15.2 Å². The molecular formula is C26H35N3O8S. The van der Waals surface area contributed by atoms with Gasteiger partial charge in [0.1, 0.15) is 6.61 Å². The molecule has 0 radical (unpaired) electrons. The summed E-state index contributed by atoms with van der Waals surface area (Å²) in [6, 6.07) is 7.50. The third-order valence-corrected chi connectivity index (χ3v) is 6.48. The molecule has 12 heteroatoms. The Hall–Kier alpha value is -3.35. The van der Waals surface area contributed by atoms with Gasteiger partial charge in [-0.1, -0.05) is 12.5 Å². The largest absolute Gasteiger partial charge is 0.616 e. The summed E-state index contributed by atoms with van der Waals surface area (Å²) in [6.07, 6.45) is 10.2. The lowest BCUT2D eigenvalue weighted by Gasteiger charge is -2.26. The summed E-state index contributed by atoms with van der Waals surface area (Å²) >= 11 is -1.28. The van der Waals surface area contributed by atoms with Crippen molar-refractivity contribution in [3.05, 3.63) is 60.2 Å². The Bertz CT molecular complexity index is 996. The molecule has 2 aromatic heterocycles. The van der Waals surface area contributed by atoms with Crippen LogP contribution in [0.25, 0.3) is 0 Å². The number of rotatable bonds is 14. The van der Waals surface area contributed by atoms with E-state index < -0.39 is 23.1 Å². The lowest BCUT2D eigenvalue weighted by Crippen LogP contribution is -2.30. The van der Waals surface area contributed by atoms with Crippen LogP contribution in [-0.2, 0) is 37.9 Å². The minimum atomic E-state index is -1.28. The zero-order valence-electron chi connectivity index (χ0n) is 21.3. The van der Waals surface area contributed by atoms with Crippen molar-refractivity contribution in [1.29, 1.82) is 0 Å². The third kappa shape index (κ3) is 14.4. The molecule has 3 N–H and O–H groups in total. The molecule has 0 aliphatic carbocycles.